The number of carbonyl (C=O) groups is 1. The molecule has 1 unspecified atom stereocenters. The van der Waals surface area contributed by atoms with Crippen LogP contribution in [0.4, 0.5) is 11.6 Å². The minimum absolute atomic E-state index is 0.0585. The third-order valence-electron chi connectivity index (χ3n) is 2.96. The Kier molecular flexibility index (Phi) is 5.30. The number of carbonyl (C=O) groups excluding carboxylic acids is 1. The van der Waals surface area contributed by atoms with Crippen LogP contribution in [-0.2, 0) is 4.79 Å². The van der Waals surface area contributed by atoms with E-state index in [1.807, 2.05) is 14.1 Å². The molecular weight excluding hydrogens is 304 g/mol. The van der Waals surface area contributed by atoms with Crippen molar-refractivity contribution in [1.29, 1.82) is 0 Å². The first-order valence-electron chi connectivity index (χ1n) is 6.68. The minimum Gasteiger partial charge on any atom is -0.388 e. The van der Waals surface area contributed by atoms with E-state index in [0.29, 0.717) is 22.2 Å². The summed E-state index contributed by atoms with van der Waals surface area (Å²) in [4.78, 5) is 21.9. The van der Waals surface area contributed by atoms with Crippen LogP contribution in [0.25, 0.3) is 0 Å². The van der Waals surface area contributed by atoms with E-state index in [2.05, 4.69) is 15.3 Å². The van der Waals surface area contributed by atoms with Gasteiger partial charge in [0.05, 0.1) is 30.6 Å². The smallest absolute Gasteiger partial charge is 0.227 e. The molecule has 0 aliphatic carbocycles. The number of nitrogens with zero attached hydrogens (tertiary/aromatic N) is 3. The predicted octanol–water partition coefficient (Wildman–Crippen LogP) is 2.26. The highest BCUT2D eigenvalue weighted by Crippen LogP contribution is 2.19. The van der Waals surface area contributed by atoms with Crippen molar-refractivity contribution >= 4 is 29.1 Å². The zero-order chi connectivity index (χ0) is 16.1. The molecule has 2 rings (SSSR count). The molecule has 0 fully saturated rings. The van der Waals surface area contributed by atoms with Crippen LogP contribution in [0.3, 0.4) is 0 Å². The van der Waals surface area contributed by atoms with Gasteiger partial charge in [0.15, 0.2) is 0 Å². The van der Waals surface area contributed by atoms with E-state index in [9.17, 15) is 9.90 Å². The SMILES string of the molecule is CN(C)c1ncc(NC(=O)CC(O)c2ccc(Cl)cc2)cn1. The Labute approximate surface area is 133 Å². The van der Waals surface area contributed by atoms with Gasteiger partial charge in [-0.05, 0) is 17.7 Å². The summed E-state index contributed by atoms with van der Waals surface area (Å²) >= 11 is 5.79. The van der Waals surface area contributed by atoms with Gasteiger partial charge < -0.3 is 15.3 Å². The van der Waals surface area contributed by atoms with Crippen molar-refractivity contribution in [3.63, 3.8) is 0 Å². The number of hydrogen-bond donors (Lipinski definition) is 2. The molecule has 1 amide bonds. The Morgan fingerprint density at radius 2 is 1.86 bits per heavy atom. The van der Waals surface area contributed by atoms with Gasteiger partial charge in [0.2, 0.25) is 11.9 Å². The average molecular weight is 321 g/mol. The Balaban J connectivity index is 1.93. The molecule has 0 aliphatic heterocycles. The maximum absolute atomic E-state index is 11.9. The number of nitrogens with one attached hydrogen (secondary N) is 1. The van der Waals surface area contributed by atoms with Crippen molar-refractivity contribution < 1.29 is 9.90 Å². The largest absolute Gasteiger partial charge is 0.388 e. The van der Waals surface area contributed by atoms with Crippen LogP contribution < -0.4 is 10.2 Å². The summed E-state index contributed by atoms with van der Waals surface area (Å²) in [6.45, 7) is 0. The zero-order valence-electron chi connectivity index (χ0n) is 12.3. The van der Waals surface area contributed by atoms with E-state index in [1.54, 1.807) is 29.2 Å². The Morgan fingerprint density at radius 1 is 1.27 bits per heavy atom. The third-order valence-corrected chi connectivity index (χ3v) is 3.21. The lowest BCUT2D eigenvalue weighted by Gasteiger charge is -2.12. The molecule has 1 atom stereocenters. The van der Waals surface area contributed by atoms with Gasteiger partial charge in [-0.15, -0.1) is 0 Å². The molecule has 7 heteroatoms. The third kappa shape index (κ3) is 4.41. The monoisotopic (exact) mass is 320 g/mol. The Bertz CT molecular complexity index is 629. The standard InChI is InChI=1S/C15H17ClN4O2/c1-20(2)15-17-8-12(9-18-15)19-14(22)7-13(21)10-3-5-11(16)6-4-10/h3-6,8-9,13,21H,7H2,1-2H3,(H,19,22). The maximum Gasteiger partial charge on any atom is 0.227 e. The van der Waals surface area contributed by atoms with E-state index in [1.165, 1.54) is 12.4 Å². The number of halogens is 1. The molecule has 0 radical (unpaired) electrons. The average Bonchev–Trinajstić information content (AvgIpc) is 2.48. The number of amides is 1. The number of anilines is 2. The summed E-state index contributed by atoms with van der Waals surface area (Å²) in [5.41, 5.74) is 1.12. The summed E-state index contributed by atoms with van der Waals surface area (Å²) in [6, 6.07) is 6.72. The molecule has 1 aromatic carbocycles. The number of rotatable bonds is 5. The lowest BCUT2D eigenvalue weighted by Crippen LogP contribution is -2.17. The number of aliphatic hydroxyl groups excluding tert-OH is 1. The van der Waals surface area contributed by atoms with Crippen LogP contribution in [0.5, 0.6) is 0 Å². The topological polar surface area (TPSA) is 78.4 Å². The van der Waals surface area contributed by atoms with Gasteiger partial charge in [-0.2, -0.15) is 0 Å². The van der Waals surface area contributed by atoms with Crippen LogP contribution in [0.2, 0.25) is 5.02 Å². The summed E-state index contributed by atoms with van der Waals surface area (Å²) < 4.78 is 0. The molecule has 0 aliphatic rings. The summed E-state index contributed by atoms with van der Waals surface area (Å²) in [5, 5.41) is 13.3. The van der Waals surface area contributed by atoms with Crippen LogP contribution >= 0.6 is 11.6 Å². The molecule has 2 N–H and O–H groups in total. The number of aromatic nitrogens is 2. The van der Waals surface area contributed by atoms with Crippen LogP contribution in [0, 0.1) is 0 Å². The highest BCUT2D eigenvalue weighted by Gasteiger charge is 2.13. The number of aliphatic hydroxyl groups is 1. The van der Waals surface area contributed by atoms with Crippen molar-refractivity contribution in [1.82, 2.24) is 9.97 Å². The second-order valence-electron chi connectivity index (χ2n) is 4.99. The molecule has 22 heavy (non-hydrogen) atoms. The Hall–Kier alpha value is -2.18. The highest BCUT2D eigenvalue weighted by atomic mass is 35.5. The van der Waals surface area contributed by atoms with Gasteiger partial charge in [0, 0.05) is 19.1 Å². The van der Waals surface area contributed by atoms with E-state index >= 15 is 0 Å². The first-order chi connectivity index (χ1) is 10.5. The van der Waals surface area contributed by atoms with E-state index in [0.717, 1.165) is 0 Å². The fourth-order valence-electron chi connectivity index (χ4n) is 1.81. The molecule has 1 aromatic heterocycles. The Morgan fingerprint density at radius 3 is 2.41 bits per heavy atom. The van der Waals surface area contributed by atoms with Crippen molar-refractivity contribution in [3.05, 3.63) is 47.2 Å². The van der Waals surface area contributed by atoms with Gasteiger partial charge in [-0.25, -0.2) is 9.97 Å². The predicted molar refractivity (Wildman–Crippen MR) is 86.0 cm³/mol. The van der Waals surface area contributed by atoms with E-state index in [-0.39, 0.29) is 12.3 Å². The van der Waals surface area contributed by atoms with Gasteiger partial charge in [-0.1, -0.05) is 23.7 Å². The molecule has 0 bridgehead atoms. The van der Waals surface area contributed by atoms with Gasteiger partial charge in [0.1, 0.15) is 0 Å². The van der Waals surface area contributed by atoms with Crippen LogP contribution in [-0.4, -0.2) is 35.1 Å². The summed E-state index contributed by atoms with van der Waals surface area (Å²) in [7, 11) is 3.66. The van der Waals surface area contributed by atoms with Crippen molar-refractivity contribution in [3.8, 4) is 0 Å². The number of hydrogen-bond acceptors (Lipinski definition) is 5. The normalized spacial score (nSPS) is 11.8. The molecule has 0 saturated heterocycles. The lowest BCUT2D eigenvalue weighted by atomic mass is 10.1. The minimum atomic E-state index is -0.890. The summed E-state index contributed by atoms with van der Waals surface area (Å²) in [6.07, 6.45) is 2.10. The quantitative estimate of drug-likeness (QED) is 0.883. The molecule has 6 nitrogen and oxygen atoms in total. The first kappa shape index (κ1) is 16.2. The van der Waals surface area contributed by atoms with E-state index in [4.69, 9.17) is 11.6 Å². The van der Waals surface area contributed by atoms with Crippen LogP contribution in [0.1, 0.15) is 18.1 Å². The molecule has 2 aromatic rings. The van der Waals surface area contributed by atoms with Gasteiger partial charge in [-0.3, -0.25) is 4.79 Å². The molecule has 0 saturated carbocycles. The highest BCUT2D eigenvalue weighted by molar-refractivity contribution is 6.30. The van der Waals surface area contributed by atoms with Crippen molar-refractivity contribution in [2.24, 2.45) is 0 Å². The molecular formula is C15H17ClN4O2. The molecule has 0 spiro atoms. The van der Waals surface area contributed by atoms with Gasteiger partial charge in [0.25, 0.3) is 0 Å². The second kappa shape index (κ2) is 7.20. The van der Waals surface area contributed by atoms with Gasteiger partial charge >= 0.3 is 0 Å². The maximum atomic E-state index is 11.9. The van der Waals surface area contributed by atoms with Crippen molar-refractivity contribution in [2.45, 2.75) is 12.5 Å². The summed E-state index contributed by atoms with van der Waals surface area (Å²) in [5.74, 6) is 0.239. The fourth-order valence-corrected chi connectivity index (χ4v) is 1.93. The zero-order valence-corrected chi connectivity index (χ0v) is 13.1. The number of benzene rings is 1. The molecule has 1 heterocycles. The molecule has 116 valence electrons. The lowest BCUT2D eigenvalue weighted by molar-refractivity contribution is -0.118. The first-order valence-corrected chi connectivity index (χ1v) is 7.06. The van der Waals surface area contributed by atoms with E-state index < -0.39 is 6.10 Å². The second-order valence-corrected chi connectivity index (χ2v) is 5.42. The van der Waals surface area contributed by atoms with Crippen molar-refractivity contribution in [2.75, 3.05) is 24.3 Å². The van der Waals surface area contributed by atoms with Crippen LogP contribution in [0.15, 0.2) is 36.7 Å². The fraction of sp³-hybridized carbons (Fsp3) is 0.267.